The number of aryl methyl sites for hydroxylation is 2. The largest absolute Gasteiger partial charge is 0.444 e. The number of benzene rings is 2. The van der Waals surface area contributed by atoms with E-state index >= 15 is 0 Å². The normalized spacial score (nSPS) is 20.0. The lowest BCUT2D eigenvalue weighted by atomic mass is 9.57. The molecule has 1 amide bonds. The summed E-state index contributed by atoms with van der Waals surface area (Å²) in [7, 11) is 4.13. The van der Waals surface area contributed by atoms with Crippen molar-refractivity contribution in [3.63, 3.8) is 0 Å². The second kappa shape index (κ2) is 10.4. The van der Waals surface area contributed by atoms with Gasteiger partial charge in [-0.05, 0) is 83.6 Å². The molecule has 0 bridgehead atoms. The monoisotopic (exact) mass is 621 g/mol. The molecule has 1 aliphatic carbocycles. The van der Waals surface area contributed by atoms with E-state index < -0.39 is 5.60 Å². The summed E-state index contributed by atoms with van der Waals surface area (Å²) < 4.78 is 18.0. The number of amides is 1. The number of fused-ring (bicyclic) bond motifs is 2. The quantitative estimate of drug-likeness (QED) is 0.212. The van der Waals surface area contributed by atoms with Crippen molar-refractivity contribution in [2.45, 2.75) is 77.5 Å². The second-order valence-electron chi connectivity index (χ2n) is 14.8. The van der Waals surface area contributed by atoms with E-state index in [-0.39, 0.29) is 17.7 Å². The second-order valence-corrected chi connectivity index (χ2v) is 14.8. The lowest BCUT2D eigenvalue weighted by Crippen LogP contribution is -2.63. The van der Waals surface area contributed by atoms with Gasteiger partial charge in [-0.25, -0.2) is 14.5 Å². The number of aromatic nitrogens is 6. The number of hydrogen-bond acceptors (Lipinski definition) is 6. The fourth-order valence-electron chi connectivity index (χ4n) is 8.03. The predicted octanol–water partition coefficient (Wildman–Crippen LogP) is 7.11. The summed E-state index contributed by atoms with van der Waals surface area (Å²) >= 11 is 0. The molecule has 5 aromatic rings. The minimum Gasteiger partial charge on any atom is -0.444 e. The SMILES string of the molecule is Cc1ccc2c(cnn2C2CCCCO2)c1-c1nc(C2CC3(C2)CN(C(=O)OC(C)(C)C)C3)n(C)c1-c1ccc2c(cnn2C)c1. The summed E-state index contributed by atoms with van der Waals surface area (Å²) in [5, 5.41) is 11.6. The molecule has 1 unspecified atom stereocenters. The number of imidazole rings is 1. The molecule has 1 atom stereocenters. The molecule has 3 aromatic heterocycles. The molecular formula is C36H43N7O3. The van der Waals surface area contributed by atoms with E-state index in [2.05, 4.69) is 58.7 Å². The van der Waals surface area contributed by atoms with E-state index in [1.807, 2.05) is 49.8 Å². The van der Waals surface area contributed by atoms with E-state index in [4.69, 9.17) is 19.6 Å². The predicted molar refractivity (Wildman–Crippen MR) is 177 cm³/mol. The molecule has 1 spiro atoms. The highest BCUT2D eigenvalue weighted by molar-refractivity contribution is 5.99. The topological polar surface area (TPSA) is 92.2 Å². The zero-order chi connectivity index (χ0) is 32.0. The standard InChI is InChI=1S/C36H43N7O3/c1-22-10-12-28-26(19-38-43(28)29-9-7-8-14-45-29)30(22)31-32(23-11-13-27-24(15-23)18-37-41(27)6)40(5)33(39-31)25-16-36(17-25)20-42(21-36)34(44)46-35(2,3)4/h10-13,15,18-19,25,29H,7-9,14,16-17,20-21H2,1-6H3. The summed E-state index contributed by atoms with van der Waals surface area (Å²) in [5.74, 6) is 1.41. The molecule has 10 heteroatoms. The summed E-state index contributed by atoms with van der Waals surface area (Å²) in [5.41, 5.74) is 7.33. The van der Waals surface area contributed by atoms with E-state index in [9.17, 15) is 4.79 Å². The maximum Gasteiger partial charge on any atom is 0.410 e. The van der Waals surface area contributed by atoms with Crippen LogP contribution in [0.15, 0.2) is 42.7 Å². The van der Waals surface area contributed by atoms with Crippen LogP contribution in [0.2, 0.25) is 0 Å². The molecule has 3 aliphatic rings. The number of carbonyl (C=O) groups excluding carboxylic acids is 1. The van der Waals surface area contributed by atoms with Crippen LogP contribution in [0.5, 0.6) is 0 Å². The molecule has 1 saturated carbocycles. The Kier molecular flexibility index (Phi) is 6.62. The average Bonchev–Trinajstić information content (AvgIpc) is 3.66. The molecule has 8 rings (SSSR count). The number of carbonyl (C=O) groups is 1. The van der Waals surface area contributed by atoms with Crippen LogP contribution >= 0.6 is 0 Å². The molecule has 0 radical (unpaired) electrons. The summed E-state index contributed by atoms with van der Waals surface area (Å²) in [6.07, 6.45) is 8.92. The van der Waals surface area contributed by atoms with Crippen molar-refractivity contribution in [2.24, 2.45) is 19.5 Å². The number of ether oxygens (including phenoxy) is 2. The van der Waals surface area contributed by atoms with Gasteiger partial charge in [0.15, 0.2) is 6.23 Å². The fourth-order valence-corrected chi connectivity index (χ4v) is 8.03. The average molecular weight is 622 g/mol. The van der Waals surface area contributed by atoms with Crippen molar-refractivity contribution in [2.75, 3.05) is 19.7 Å². The number of likely N-dealkylation sites (tertiary alicyclic amines) is 1. The molecule has 46 heavy (non-hydrogen) atoms. The van der Waals surface area contributed by atoms with Crippen LogP contribution in [-0.4, -0.2) is 65.4 Å². The number of rotatable bonds is 4. The van der Waals surface area contributed by atoms with Gasteiger partial charge < -0.3 is 18.9 Å². The first-order chi connectivity index (χ1) is 22.0. The Labute approximate surface area is 269 Å². The van der Waals surface area contributed by atoms with Crippen LogP contribution in [0.4, 0.5) is 4.79 Å². The van der Waals surface area contributed by atoms with Gasteiger partial charge in [-0.1, -0.05) is 12.1 Å². The van der Waals surface area contributed by atoms with Crippen molar-refractivity contribution in [3.8, 4) is 22.5 Å². The molecule has 2 aliphatic heterocycles. The smallest absolute Gasteiger partial charge is 0.410 e. The highest BCUT2D eigenvalue weighted by Gasteiger charge is 2.55. The van der Waals surface area contributed by atoms with Crippen LogP contribution < -0.4 is 0 Å². The molecule has 5 heterocycles. The van der Waals surface area contributed by atoms with Crippen LogP contribution in [0.1, 0.15) is 76.4 Å². The molecule has 10 nitrogen and oxygen atoms in total. The molecule has 240 valence electrons. The highest BCUT2D eigenvalue weighted by atomic mass is 16.6. The number of nitrogens with zero attached hydrogens (tertiary/aromatic N) is 7. The third-order valence-electron chi connectivity index (χ3n) is 10.2. The molecule has 0 N–H and O–H groups in total. The van der Waals surface area contributed by atoms with Gasteiger partial charge in [-0.2, -0.15) is 10.2 Å². The van der Waals surface area contributed by atoms with Crippen LogP contribution in [0, 0.1) is 12.3 Å². The number of hydrogen-bond donors (Lipinski definition) is 0. The van der Waals surface area contributed by atoms with Crippen molar-refractivity contribution in [1.29, 1.82) is 0 Å². The Balaban J connectivity index is 1.18. The summed E-state index contributed by atoms with van der Waals surface area (Å²) in [6, 6.07) is 10.9. The maximum absolute atomic E-state index is 12.6. The zero-order valence-corrected chi connectivity index (χ0v) is 27.7. The van der Waals surface area contributed by atoms with Gasteiger partial charge in [0.25, 0.3) is 0 Å². The van der Waals surface area contributed by atoms with Crippen molar-refractivity contribution in [1.82, 2.24) is 34.0 Å². The Morgan fingerprint density at radius 2 is 1.80 bits per heavy atom. The van der Waals surface area contributed by atoms with Gasteiger partial charge in [-0.15, -0.1) is 0 Å². The zero-order valence-electron chi connectivity index (χ0n) is 27.7. The van der Waals surface area contributed by atoms with E-state index in [0.29, 0.717) is 5.92 Å². The summed E-state index contributed by atoms with van der Waals surface area (Å²) in [4.78, 5) is 20.0. The Morgan fingerprint density at radius 1 is 1.02 bits per heavy atom. The first-order valence-electron chi connectivity index (χ1n) is 16.6. The fraction of sp³-hybridized carbons (Fsp3) is 0.500. The first kappa shape index (κ1) is 29.2. The summed E-state index contributed by atoms with van der Waals surface area (Å²) in [6.45, 7) is 10.2. The van der Waals surface area contributed by atoms with Gasteiger partial charge in [0.05, 0.1) is 34.8 Å². The highest BCUT2D eigenvalue weighted by Crippen LogP contribution is 2.57. The van der Waals surface area contributed by atoms with Crippen LogP contribution in [-0.2, 0) is 23.6 Å². The van der Waals surface area contributed by atoms with Crippen molar-refractivity contribution >= 4 is 27.9 Å². The van der Waals surface area contributed by atoms with Gasteiger partial charge in [0.2, 0.25) is 0 Å². The van der Waals surface area contributed by atoms with Crippen molar-refractivity contribution < 1.29 is 14.3 Å². The van der Waals surface area contributed by atoms with Crippen molar-refractivity contribution in [3.05, 3.63) is 54.1 Å². The van der Waals surface area contributed by atoms with Crippen LogP contribution in [0.3, 0.4) is 0 Å². The first-order valence-corrected chi connectivity index (χ1v) is 16.6. The van der Waals surface area contributed by atoms with E-state index in [0.717, 1.165) is 102 Å². The maximum atomic E-state index is 12.6. The Bertz CT molecular complexity index is 1970. The minimum atomic E-state index is -0.485. The van der Waals surface area contributed by atoms with E-state index in [1.54, 1.807) is 0 Å². The van der Waals surface area contributed by atoms with Gasteiger partial charge >= 0.3 is 6.09 Å². The lowest BCUT2D eigenvalue weighted by molar-refractivity contribution is -0.0800. The van der Waals surface area contributed by atoms with Gasteiger partial charge in [0, 0.05) is 67.0 Å². The van der Waals surface area contributed by atoms with Gasteiger partial charge in [-0.3, -0.25) is 4.68 Å². The third-order valence-corrected chi connectivity index (χ3v) is 10.2. The molecule has 2 saturated heterocycles. The minimum absolute atomic E-state index is 0.0394. The third kappa shape index (κ3) is 4.71. The van der Waals surface area contributed by atoms with E-state index in [1.165, 1.54) is 5.56 Å². The van der Waals surface area contributed by atoms with Gasteiger partial charge in [0.1, 0.15) is 11.4 Å². The Hall–Kier alpha value is -4.18. The molecule has 3 fully saturated rings. The molecular weight excluding hydrogens is 578 g/mol. The lowest BCUT2D eigenvalue weighted by Gasteiger charge is -2.58. The molecule has 2 aromatic carbocycles. The Morgan fingerprint density at radius 3 is 2.54 bits per heavy atom. The van der Waals surface area contributed by atoms with Crippen LogP contribution in [0.25, 0.3) is 44.3 Å².